The molecule has 0 aliphatic carbocycles. The van der Waals surface area contributed by atoms with E-state index in [1.165, 1.54) is 12.1 Å². The Balaban J connectivity index is 1.55. The Morgan fingerprint density at radius 3 is 2.27 bits per heavy atom. The molecule has 8 heteroatoms. The van der Waals surface area contributed by atoms with Crippen LogP contribution in [0.5, 0.6) is 5.88 Å². The lowest BCUT2D eigenvalue weighted by Crippen LogP contribution is -2.46. The summed E-state index contributed by atoms with van der Waals surface area (Å²) in [6.45, 7) is 0.167. The molecule has 0 bridgehead atoms. The van der Waals surface area contributed by atoms with Crippen molar-refractivity contribution >= 4 is 11.6 Å². The van der Waals surface area contributed by atoms with Gasteiger partial charge < -0.3 is 15.4 Å². The Bertz CT molecular complexity index is 1890. The molecule has 1 atom stereocenters. The lowest BCUT2D eigenvalue weighted by atomic mass is 9.68. The molecule has 0 saturated heterocycles. The minimum atomic E-state index is -1.62. The largest absolute Gasteiger partial charge is 0.422 e. The molecule has 4 aromatic carbocycles. The summed E-state index contributed by atoms with van der Waals surface area (Å²) in [5, 5.41) is 15.5. The van der Waals surface area contributed by atoms with Crippen molar-refractivity contribution in [3.63, 3.8) is 0 Å². The smallest absolute Gasteiger partial charge is 0.248 e. The molecule has 41 heavy (non-hydrogen) atoms. The molecule has 0 radical (unpaired) electrons. The number of carbonyl (C=O) groups is 1. The van der Waals surface area contributed by atoms with Crippen LogP contribution in [0.3, 0.4) is 0 Å². The Morgan fingerprint density at radius 1 is 0.902 bits per heavy atom. The van der Waals surface area contributed by atoms with Crippen molar-refractivity contribution in [1.29, 1.82) is 5.26 Å². The summed E-state index contributed by atoms with van der Waals surface area (Å²) in [5.74, 6) is -0.630. The number of nitrogens with two attached hydrogens (primary N) is 1. The zero-order valence-electron chi connectivity index (χ0n) is 21.7. The van der Waals surface area contributed by atoms with E-state index in [9.17, 15) is 14.4 Å². The number of para-hydroxylation sites is 2. The molecule has 2 N–H and O–H groups in total. The molecule has 1 amide bonds. The van der Waals surface area contributed by atoms with Crippen molar-refractivity contribution < 1.29 is 13.9 Å². The van der Waals surface area contributed by atoms with Gasteiger partial charge in [0, 0.05) is 16.8 Å². The first-order valence-corrected chi connectivity index (χ1v) is 13.0. The standard InChI is InChI=1S/C33H22FN5O2/c34-23-17-15-21(16-18-23)20-38-27-14-8-7-13-25(27)33(32(38)40)26(19-35)30(36)41-31-28(33)29(22-9-3-1-4-10-22)37-39(31)24-11-5-2-6-12-24/h1-18H,20,36H2/t33-/m1/s1. The molecular formula is C33H22FN5O2. The highest BCUT2D eigenvalue weighted by Crippen LogP contribution is 2.58. The number of nitrogens with zero attached hydrogens (tertiary/aromatic N) is 4. The lowest BCUT2D eigenvalue weighted by Gasteiger charge is -2.33. The zero-order valence-corrected chi connectivity index (χ0v) is 21.7. The molecular weight excluding hydrogens is 517 g/mol. The molecule has 3 heterocycles. The first kappa shape index (κ1) is 24.4. The summed E-state index contributed by atoms with van der Waals surface area (Å²) in [4.78, 5) is 16.6. The molecule has 5 aromatic rings. The number of halogens is 1. The fourth-order valence-electron chi connectivity index (χ4n) is 5.85. The van der Waals surface area contributed by atoms with Gasteiger partial charge in [-0.2, -0.15) is 15.0 Å². The van der Waals surface area contributed by atoms with E-state index in [1.54, 1.807) is 21.7 Å². The van der Waals surface area contributed by atoms with Crippen molar-refractivity contribution in [3.05, 3.63) is 143 Å². The molecule has 1 aromatic heterocycles. The number of amides is 1. The fourth-order valence-corrected chi connectivity index (χ4v) is 5.85. The molecule has 0 unspecified atom stereocenters. The minimum absolute atomic E-state index is 0.00570. The van der Waals surface area contributed by atoms with Gasteiger partial charge >= 0.3 is 0 Å². The summed E-state index contributed by atoms with van der Waals surface area (Å²) >= 11 is 0. The van der Waals surface area contributed by atoms with E-state index < -0.39 is 5.41 Å². The minimum Gasteiger partial charge on any atom is -0.422 e. The third kappa shape index (κ3) is 3.49. The first-order chi connectivity index (χ1) is 20.0. The van der Waals surface area contributed by atoms with Gasteiger partial charge in [-0.3, -0.25) is 4.79 Å². The van der Waals surface area contributed by atoms with Gasteiger partial charge in [0.1, 0.15) is 28.6 Å². The second kappa shape index (κ2) is 9.21. The SMILES string of the molecule is N#CC1=C(N)Oc2c(c(-c3ccccc3)nn2-c2ccccc2)[C@]12C(=O)N(Cc1ccc(F)cc1)c1ccccc12. The van der Waals surface area contributed by atoms with Crippen LogP contribution in [0, 0.1) is 17.1 Å². The van der Waals surface area contributed by atoms with Crippen LogP contribution in [0.15, 0.2) is 121 Å². The summed E-state index contributed by atoms with van der Waals surface area (Å²) in [7, 11) is 0. The average molecular weight is 540 g/mol. The van der Waals surface area contributed by atoms with Gasteiger partial charge in [-0.25, -0.2) is 4.39 Å². The second-order valence-corrected chi connectivity index (χ2v) is 9.88. The normalized spacial score (nSPS) is 17.3. The van der Waals surface area contributed by atoms with Gasteiger partial charge in [-0.15, -0.1) is 0 Å². The van der Waals surface area contributed by atoms with Crippen LogP contribution in [0.2, 0.25) is 0 Å². The Kier molecular flexibility index (Phi) is 5.47. The van der Waals surface area contributed by atoms with Gasteiger partial charge in [0.2, 0.25) is 17.7 Å². The number of hydrogen-bond donors (Lipinski definition) is 1. The lowest BCUT2D eigenvalue weighted by molar-refractivity contribution is -0.121. The fraction of sp³-hybridized carbons (Fsp3) is 0.0606. The van der Waals surface area contributed by atoms with Crippen LogP contribution in [0.4, 0.5) is 10.1 Å². The third-order valence-electron chi connectivity index (χ3n) is 7.62. The topological polar surface area (TPSA) is 97.2 Å². The summed E-state index contributed by atoms with van der Waals surface area (Å²) in [6, 6.07) is 34.5. The molecule has 198 valence electrons. The number of carbonyl (C=O) groups excluding carboxylic acids is 1. The van der Waals surface area contributed by atoms with Crippen molar-refractivity contribution in [3.8, 4) is 28.9 Å². The highest BCUT2D eigenvalue weighted by molar-refractivity contribution is 6.15. The number of rotatable bonds is 4. The van der Waals surface area contributed by atoms with E-state index in [0.29, 0.717) is 28.2 Å². The molecule has 1 spiro atoms. The number of hydrogen-bond acceptors (Lipinski definition) is 5. The maximum atomic E-state index is 14.9. The Labute approximate surface area is 235 Å². The first-order valence-electron chi connectivity index (χ1n) is 13.0. The second-order valence-electron chi connectivity index (χ2n) is 9.88. The van der Waals surface area contributed by atoms with Crippen molar-refractivity contribution in [1.82, 2.24) is 9.78 Å². The van der Waals surface area contributed by atoms with Gasteiger partial charge in [-0.05, 0) is 35.9 Å². The summed E-state index contributed by atoms with van der Waals surface area (Å²) in [5.41, 5.74) is 9.19. The number of fused-ring (bicyclic) bond motifs is 4. The number of aromatic nitrogens is 2. The summed E-state index contributed by atoms with van der Waals surface area (Å²) in [6.07, 6.45) is 0. The summed E-state index contributed by atoms with van der Waals surface area (Å²) < 4.78 is 21.5. The van der Waals surface area contributed by atoms with Crippen molar-refractivity contribution in [2.24, 2.45) is 5.73 Å². The maximum absolute atomic E-state index is 14.9. The van der Waals surface area contributed by atoms with E-state index in [2.05, 4.69) is 6.07 Å². The predicted molar refractivity (Wildman–Crippen MR) is 151 cm³/mol. The Hall–Kier alpha value is -5.68. The van der Waals surface area contributed by atoms with Crippen LogP contribution in [-0.2, 0) is 16.8 Å². The van der Waals surface area contributed by atoms with Crippen LogP contribution in [0.1, 0.15) is 16.7 Å². The maximum Gasteiger partial charge on any atom is 0.248 e. The molecule has 0 fully saturated rings. The monoisotopic (exact) mass is 539 g/mol. The van der Waals surface area contributed by atoms with E-state index >= 15 is 0 Å². The highest BCUT2D eigenvalue weighted by atomic mass is 19.1. The Morgan fingerprint density at radius 2 is 1.56 bits per heavy atom. The quantitative estimate of drug-likeness (QED) is 0.321. The van der Waals surface area contributed by atoms with Crippen LogP contribution in [-0.4, -0.2) is 15.7 Å². The third-order valence-corrected chi connectivity index (χ3v) is 7.62. The zero-order chi connectivity index (χ0) is 28.1. The average Bonchev–Trinajstić information content (AvgIpc) is 3.50. The predicted octanol–water partition coefficient (Wildman–Crippen LogP) is 5.60. The molecule has 2 aliphatic heterocycles. The highest BCUT2D eigenvalue weighted by Gasteiger charge is 2.61. The van der Waals surface area contributed by atoms with Gasteiger partial charge in [0.05, 0.1) is 17.8 Å². The van der Waals surface area contributed by atoms with E-state index in [0.717, 1.165) is 11.1 Å². The van der Waals surface area contributed by atoms with E-state index in [1.807, 2.05) is 84.9 Å². The van der Waals surface area contributed by atoms with Crippen LogP contribution < -0.4 is 15.4 Å². The van der Waals surface area contributed by atoms with E-state index in [4.69, 9.17) is 15.6 Å². The number of ether oxygens (including phenoxy) is 1. The number of nitriles is 1. The van der Waals surface area contributed by atoms with Gasteiger partial charge in [-0.1, -0.05) is 78.9 Å². The number of anilines is 1. The van der Waals surface area contributed by atoms with Crippen molar-refractivity contribution in [2.45, 2.75) is 12.0 Å². The van der Waals surface area contributed by atoms with Gasteiger partial charge in [0.15, 0.2) is 0 Å². The van der Waals surface area contributed by atoms with E-state index in [-0.39, 0.29) is 35.6 Å². The van der Waals surface area contributed by atoms with Gasteiger partial charge in [0.25, 0.3) is 0 Å². The molecule has 2 aliphatic rings. The molecule has 7 rings (SSSR count). The van der Waals surface area contributed by atoms with Crippen molar-refractivity contribution in [2.75, 3.05) is 4.90 Å². The van der Waals surface area contributed by atoms with Crippen LogP contribution >= 0.6 is 0 Å². The van der Waals surface area contributed by atoms with Crippen LogP contribution in [0.25, 0.3) is 16.9 Å². The number of benzene rings is 4. The molecule has 0 saturated carbocycles. The molecule has 7 nitrogen and oxygen atoms in total.